The Morgan fingerprint density at radius 3 is 2.55 bits per heavy atom. The van der Waals surface area contributed by atoms with Gasteiger partial charge < -0.3 is 14.8 Å². The molecular weight excluding hydrogens is 400 g/mol. The summed E-state index contributed by atoms with van der Waals surface area (Å²) in [6.07, 6.45) is 3.14. The van der Waals surface area contributed by atoms with Crippen LogP contribution in [0.4, 0.5) is 0 Å². The van der Waals surface area contributed by atoms with E-state index in [1.807, 2.05) is 12.1 Å². The minimum absolute atomic E-state index is 0.0390. The molecule has 2 atom stereocenters. The van der Waals surface area contributed by atoms with E-state index in [2.05, 4.69) is 9.97 Å². The van der Waals surface area contributed by atoms with E-state index >= 15 is 0 Å². The zero-order valence-electron chi connectivity index (χ0n) is 16.8. The Morgan fingerprint density at radius 1 is 1.23 bits per heavy atom. The number of aromatic nitrogens is 2. The summed E-state index contributed by atoms with van der Waals surface area (Å²) in [7, 11) is 0. The first kappa shape index (κ1) is 20.6. The molecule has 1 aliphatic carbocycles. The van der Waals surface area contributed by atoms with Gasteiger partial charge in [0.1, 0.15) is 18.2 Å². The van der Waals surface area contributed by atoms with Crippen LogP contribution in [0.5, 0.6) is 0 Å². The van der Waals surface area contributed by atoms with Gasteiger partial charge in [0, 0.05) is 6.54 Å². The van der Waals surface area contributed by atoms with Crippen LogP contribution in [-0.2, 0) is 19.1 Å². The van der Waals surface area contributed by atoms with Crippen molar-refractivity contribution in [3.8, 4) is 6.07 Å². The lowest BCUT2D eigenvalue weighted by Gasteiger charge is -2.19. The van der Waals surface area contributed by atoms with Crippen LogP contribution in [0.3, 0.4) is 0 Å². The fraction of sp³-hybridized carbons (Fsp3) is 0.409. The van der Waals surface area contributed by atoms with Crippen molar-refractivity contribution < 1.29 is 24.2 Å². The highest BCUT2D eigenvalue weighted by atomic mass is 16.5. The van der Waals surface area contributed by atoms with E-state index in [4.69, 9.17) is 4.74 Å². The predicted molar refractivity (Wildman–Crippen MR) is 109 cm³/mol. The number of fused-ring (bicyclic) bond motifs is 2. The van der Waals surface area contributed by atoms with Crippen molar-refractivity contribution in [1.82, 2.24) is 14.9 Å². The van der Waals surface area contributed by atoms with Gasteiger partial charge >= 0.3 is 5.97 Å². The number of hydrogen-bond donors (Lipinski definition) is 2. The summed E-state index contributed by atoms with van der Waals surface area (Å²) in [5.74, 6) is -1.87. The Morgan fingerprint density at radius 2 is 1.90 bits per heavy atom. The molecular formula is C22H22N4O5. The van der Waals surface area contributed by atoms with Crippen molar-refractivity contribution in [1.29, 1.82) is 5.26 Å². The monoisotopic (exact) mass is 422 g/mol. The van der Waals surface area contributed by atoms with Gasteiger partial charge in [0.15, 0.2) is 11.6 Å². The first-order valence-corrected chi connectivity index (χ1v) is 10.3. The molecule has 0 unspecified atom stereocenters. The van der Waals surface area contributed by atoms with Crippen LogP contribution in [0.25, 0.3) is 16.6 Å². The van der Waals surface area contributed by atoms with Gasteiger partial charge in [-0.1, -0.05) is 25.0 Å². The smallest absolute Gasteiger partial charge is 0.308 e. The van der Waals surface area contributed by atoms with Crippen molar-refractivity contribution in [2.75, 3.05) is 13.2 Å². The topological polar surface area (TPSA) is 136 Å². The highest BCUT2D eigenvalue weighted by molar-refractivity contribution is 6.05. The van der Waals surface area contributed by atoms with Gasteiger partial charge in [-0.25, -0.2) is 4.98 Å². The number of aromatic amines is 1. The second-order valence-electron chi connectivity index (χ2n) is 7.77. The first-order chi connectivity index (χ1) is 15.0. The average molecular weight is 422 g/mol. The van der Waals surface area contributed by atoms with Crippen LogP contribution in [0.2, 0.25) is 0 Å². The zero-order chi connectivity index (χ0) is 22.0. The largest absolute Gasteiger partial charge is 0.507 e. The third kappa shape index (κ3) is 4.01. The number of carbonyl (C=O) groups excluding carboxylic acids is 3. The summed E-state index contributed by atoms with van der Waals surface area (Å²) in [6.45, 7) is -0.547. The van der Waals surface area contributed by atoms with E-state index in [0.717, 1.165) is 17.7 Å². The van der Waals surface area contributed by atoms with Crippen molar-refractivity contribution in [3.63, 3.8) is 0 Å². The number of esters is 1. The Kier molecular flexibility index (Phi) is 5.71. The van der Waals surface area contributed by atoms with E-state index in [9.17, 15) is 24.8 Å². The standard InChI is InChI=1S/C22H22N4O5/c23-11-15(20-24-16-7-3-4-8-17(16)25-20)18(27)12-31-19(28)9-10-26-21(29)13-5-1-2-6-14(13)22(26)30/h3-4,7-8,13-14,27H,1-2,5-6,9-10,12H2,(H,24,25)/b18-15-/t13-,14+. The fourth-order valence-electron chi connectivity index (χ4n) is 4.27. The lowest BCUT2D eigenvalue weighted by Crippen LogP contribution is -2.33. The number of hydrogen-bond acceptors (Lipinski definition) is 7. The second kappa shape index (κ2) is 8.60. The number of nitrogens with one attached hydrogen (secondary N) is 1. The van der Waals surface area contributed by atoms with Crippen LogP contribution in [0, 0.1) is 23.2 Å². The summed E-state index contributed by atoms with van der Waals surface area (Å²) in [5.41, 5.74) is 1.21. The molecule has 4 rings (SSSR count). The van der Waals surface area contributed by atoms with Gasteiger partial charge in [0.2, 0.25) is 11.8 Å². The number of nitrogens with zero attached hydrogens (tertiary/aromatic N) is 3. The molecule has 1 aliphatic heterocycles. The Bertz CT molecular complexity index is 1060. The van der Waals surface area contributed by atoms with Crippen molar-refractivity contribution >= 4 is 34.4 Å². The average Bonchev–Trinajstić information content (AvgIpc) is 3.31. The van der Waals surface area contributed by atoms with Crippen molar-refractivity contribution in [2.24, 2.45) is 11.8 Å². The second-order valence-corrected chi connectivity index (χ2v) is 7.77. The summed E-state index contributed by atoms with van der Waals surface area (Å²) < 4.78 is 5.04. The molecule has 2 N–H and O–H groups in total. The van der Waals surface area contributed by atoms with Gasteiger partial charge in [0.05, 0.1) is 29.3 Å². The number of nitriles is 1. The number of rotatable bonds is 6. The molecule has 2 aliphatic rings. The van der Waals surface area contributed by atoms with Gasteiger partial charge in [-0.3, -0.25) is 19.3 Å². The number of aliphatic hydroxyl groups excluding tert-OH is 1. The van der Waals surface area contributed by atoms with E-state index in [0.29, 0.717) is 23.9 Å². The maximum absolute atomic E-state index is 12.4. The number of aliphatic hydroxyl groups is 1. The van der Waals surface area contributed by atoms with Crippen LogP contribution < -0.4 is 0 Å². The molecule has 31 heavy (non-hydrogen) atoms. The molecule has 0 radical (unpaired) electrons. The quantitative estimate of drug-likeness (QED) is 0.316. The number of ether oxygens (including phenoxy) is 1. The molecule has 1 aromatic heterocycles. The number of imide groups is 1. The molecule has 0 bridgehead atoms. The molecule has 2 aromatic rings. The summed E-state index contributed by atoms with van der Waals surface area (Å²) in [4.78, 5) is 45.4. The molecule has 0 spiro atoms. The summed E-state index contributed by atoms with van der Waals surface area (Å²) in [6, 6.07) is 9.03. The molecule has 9 nitrogen and oxygen atoms in total. The normalized spacial score (nSPS) is 21.6. The maximum atomic E-state index is 12.4. The summed E-state index contributed by atoms with van der Waals surface area (Å²) >= 11 is 0. The minimum Gasteiger partial charge on any atom is -0.507 e. The SMILES string of the molecule is N#C/C(=C(/O)COC(=O)CCN1C(=O)[C@H]2CCCC[C@H]2C1=O)c1nc2ccccc2[nH]1. The predicted octanol–water partition coefficient (Wildman–Crippen LogP) is 2.46. The number of carbonyl (C=O) groups is 3. The van der Waals surface area contributed by atoms with Crippen LogP contribution in [0.15, 0.2) is 30.0 Å². The van der Waals surface area contributed by atoms with E-state index in [-0.39, 0.29) is 48.0 Å². The van der Waals surface area contributed by atoms with E-state index < -0.39 is 18.3 Å². The number of allylic oxidation sites excluding steroid dienone is 1. The Labute approximate surface area is 178 Å². The van der Waals surface area contributed by atoms with Gasteiger partial charge in [-0.15, -0.1) is 0 Å². The van der Waals surface area contributed by atoms with Crippen molar-refractivity contribution in [3.05, 3.63) is 35.8 Å². The van der Waals surface area contributed by atoms with Gasteiger partial charge in [0.25, 0.3) is 0 Å². The van der Waals surface area contributed by atoms with E-state index in [1.54, 1.807) is 18.2 Å². The van der Waals surface area contributed by atoms with E-state index in [1.165, 1.54) is 0 Å². The number of imidazole rings is 1. The molecule has 160 valence electrons. The van der Waals surface area contributed by atoms with Crippen molar-refractivity contribution in [2.45, 2.75) is 32.1 Å². The molecule has 1 saturated carbocycles. The number of benzene rings is 1. The number of amides is 2. The lowest BCUT2D eigenvalue weighted by atomic mass is 9.81. The number of H-pyrrole nitrogens is 1. The van der Waals surface area contributed by atoms with Crippen LogP contribution in [-0.4, -0.2) is 50.9 Å². The number of para-hydroxylation sites is 2. The number of likely N-dealkylation sites (tertiary alicyclic amines) is 1. The van der Waals surface area contributed by atoms with Crippen LogP contribution in [0.1, 0.15) is 37.9 Å². The lowest BCUT2D eigenvalue weighted by molar-refractivity contribution is -0.145. The molecule has 2 amide bonds. The van der Waals surface area contributed by atoms with Gasteiger partial charge in [-0.2, -0.15) is 5.26 Å². The van der Waals surface area contributed by atoms with Crippen LogP contribution >= 0.6 is 0 Å². The molecule has 2 fully saturated rings. The molecule has 2 heterocycles. The third-order valence-electron chi connectivity index (χ3n) is 5.87. The highest BCUT2D eigenvalue weighted by Crippen LogP contribution is 2.38. The minimum atomic E-state index is -0.677. The Balaban J connectivity index is 1.35. The molecule has 1 saturated heterocycles. The molecule has 9 heteroatoms. The fourth-order valence-corrected chi connectivity index (χ4v) is 4.27. The maximum Gasteiger partial charge on any atom is 0.308 e. The third-order valence-corrected chi connectivity index (χ3v) is 5.87. The highest BCUT2D eigenvalue weighted by Gasteiger charge is 2.47. The Hall–Kier alpha value is -3.67. The van der Waals surface area contributed by atoms with Gasteiger partial charge in [-0.05, 0) is 25.0 Å². The molecule has 1 aromatic carbocycles. The first-order valence-electron chi connectivity index (χ1n) is 10.3. The summed E-state index contributed by atoms with van der Waals surface area (Å²) in [5, 5.41) is 19.6. The zero-order valence-corrected chi connectivity index (χ0v) is 16.8.